The van der Waals surface area contributed by atoms with Crippen LogP contribution in [0.5, 0.6) is 0 Å². The summed E-state index contributed by atoms with van der Waals surface area (Å²) in [4.78, 5) is 29.3. The predicted molar refractivity (Wildman–Crippen MR) is 130 cm³/mol. The van der Waals surface area contributed by atoms with Crippen LogP contribution in [0, 0.1) is 17.7 Å². The number of thiol groups is 1. The van der Waals surface area contributed by atoms with Crippen molar-refractivity contribution in [2.24, 2.45) is 11.8 Å². The van der Waals surface area contributed by atoms with E-state index in [1.165, 1.54) is 11.6 Å². The summed E-state index contributed by atoms with van der Waals surface area (Å²) in [5, 5.41) is 0.163. The van der Waals surface area contributed by atoms with Crippen LogP contribution in [0.4, 0.5) is 4.39 Å². The molecule has 3 aliphatic rings. The number of likely N-dealkylation sites (tertiary alicyclic amines) is 2. The van der Waals surface area contributed by atoms with E-state index in [0.29, 0.717) is 31.2 Å². The van der Waals surface area contributed by atoms with E-state index >= 15 is 0 Å². The molecular weight excluding hydrogens is 439 g/mol. The van der Waals surface area contributed by atoms with Gasteiger partial charge in [-0.1, -0.05) is 24.3 Å². The van der Waals surface area contributed by atoms with Crippen LogP contribution in [0.1, 0.15) is 50.6 Å². The van der Waals surface area contributed by atoms with Crippen LogP contribution in [-0.2, 0) is 14.3 Å². The Morgan fingerprint density at radius 2 is 1.88 bits per heavy atom. The second-order valence-electron chi connectivity index (χ2n) is 9.54. The van der Waals surface area contributed by atoms with Crippen LogP contribution in [0.15, 0.2) is 35.9 Å². The van der Waals surface area contributed by atoms with Crippen molar-refractivity contribution >= 4 is 24.4 Å². The number of halogens is 1. The highest BCUT2D eigenvalue weighted by Gasteiger charge is 2.41. The number of rotatable bonds is 8. The van der Waals surface area contributed by atoms with Crippen molar-refractivity contribution in [1.82, 2.24) is 9.80 Å². The Bertz CT molecular complexity index is 880. The van der Waals surface area contributed by atoms with Gasteiger partial charge in [0.1, 0.15) is 5.82 Å². The zero-order chi connectivity index (χ0) is 23.4. The molecule has 2 atom stereocenters. The Morgan fingerprint density at radius 3 is 2.55 bits per heavy atom. The molecule has 1 aromatic carbocycles. The quantitative estimate of drug-likeness (QED) is 0.350. The topological polar surface area (TPSA) is 49.9 Å². The van der Waals surface area contributed by atoms with Gasteiger partial charge in [0.25, 0.3) is 0 Å². The first-order valence-corrected chi connectivity index (χ1v) is 12.8. The average molecular weight is 475 g/mol. The minimum Gasteiger partial charge on any atom is -0.465 e. The van der Waals surface area contributed by atoms with Gasteiger partial charge >= 0.3 is 5.97 Å². The predicted octanol–water partition coefficient (Wildman–Crippen LogP) is 4.05. The highest BCUT2D eigenvalue weighted by Crippen LogP contribution is 2.39. The van der Waals surface area contributed by atoms with Crippen LogP contribution in [0.25, 0.3) is 0 Å². The van der Waals surface area contributed by atoms with Crippen molar-refractivity contribution in [3.63, 3.8) is 0 Å². The number of ether oxygens (including phenoxy) is 1. The fourth-order valence-corrected chi connectivity index (χ4v) is 5.35. The molecule has 180 valence electrons. The zero-order valence-corrected chi connectivity index (χ0v) is 20.3. The first kappa shape index (κ1) is 24.4. The number of allylic oxidation sites excluding steroid dienone is 1. The Kier molecular flexibility index (Phi) is 8.25. The lowest BCUT2D eigenvalue weighted by Gasteiger charge is -2.38. The maximum atomic E-state index is 14.7. The third-order valence-electron chi connectivity index (χ3n) is 7.06. The summed E-state index contributed by atoms with van der Waals surface area (Å²) < 4.78 is 19.8. The molecule has 0 amide bonds. The molecule has 1 aliphatic carbocycles. The monoisotopic (exact) mass is 474 g/mol. The van der Waals surface area contributed by atoms with Crippen molar-refractivity contribution in [1.29, 1.82) is 0 Å². The molecule has 0 radical (unpaired) electrons. The first-order chi connectivity index (χ1) is 16.0. The van der Waals surface area contributed by atoms with E-state index in [0.717, 1.165) is 51.7 Å². The number of Topliss-reactive ketones (excluding diaryl/α,β-unsaturated/α-hetero) is 1. The SMILES string of the molecule is CCOC(=O)CN1CCC(/C=C2/CN(C(C(=O)C3CC3)c3ccccc3F)CCC2S)CC1. The van der Waals surface area contributed by atoms with E-state index in [9.17, 15) is 14.0 Å². The third-order valence-corrected chi connectivity index (χ3v) is 7.65. The molecular formula is C26H35FN2O3S. The number of hydrogen-bond acceptors (Lipinski definition) is 6. The van der Waals surface area contributed by atoms with E-state index in [2.05, 4.69) is 15.9 Å². The Hall–Kier alpha value is -1.70. The molecule has 1 aromatic rings. The number of esters is 1. The van der Waals surface area contributed by atoms with Crippen molar-refractivity contribution in [3.05, 3.63) is 47.3 Å². The number of hydrogen-bond donors (Lipinski definition) is 1. The lowest BCUT2D eigenvalue weighted by atomic mass is 9.89. The molecule has 3 fully saturated rings. The van der Waals surface area contributed by atoms with Gasteiger partial charge < -0.3 is 4.74 Å². The van der Waals surface area contributed by atoms with Crippen molar-refractivity contribution < 1.29 is 18.7 Å². The molecule has 0 aromatic heterocycles. The fraction of sp³-hybridized carbons (Fsp3) is 0.615. The normalized spacial score (nSPS) is 25.2. The van der Waals surface area contributed by atoms with Gasteiger partial charge in [-0.3, -0.25) is 19.4 Å². The highest BCUT2D eigenvalue weighted by molar-refractivity contribution is 7.81. The molecule has 5 nitrogen and oxygen atoms in total. The third kappa shape index (κ3) is 6.25. The second-order valence-corrected chi connectivity index (χ2v) is 10.2. The summed E-state index contributed by atoms with van der Waals surface area (Å²) in [6.07, 6.45) is 6.99. The molecule has 2 saturated heterocycles. The maximum absolute atomic E-state index is 14.7. The summed E-state index contributed by atoms with van der Waals surface area (Å²) >= 11 is 4.84. The van der Waals surface area contributed by atoms with Gasteiger partial charge in [0.2, 0.25) is 0 Å². The van der Waals surface area contributed by atoms with Crippen LogP contribution in [0.3, 0.4) is 0 Å². The minimum atomic E-state index is -0.519. The van der Waals surface area contributed by atoms with Crippen LogP contribution in [0.2, 0.25) is 0 Å². The van der Waals surface area contributed by atoms with Gasteiger partial charge in [-0.05, 0) is 69.7 Å². The standard InChI is InChI=1S/C26H35FN2O3S/c1-2-32-24(30)17-28-12-9-18(10-13-28)15-20-16-29(14-11-23(20)33)25(26(31)19-7-8-19)21-5-3-4-6-22(21)27/h3-6,15,18-19,23,25,33H,2,7-14,16-17H2,1H3/b20-15-. The molecule has 4 rings (SSSR count). The maximum Gasteiger partial charge on any atom is 0.320 e. The van der Waals surface area contributed by atoms with Gasteiger partial charge in [0.15, 0.2) is 5.78 Å². The van der Waals surface area contributed by atoms with Crippen molar-refractivity contribution in [3.8, 4) is 0 Å². The number of benzene rings is 1. The summed E-state index contributed by atoms with van der Waals surface area (Å²) in [5.41, 5.74) is 1.73. The molecule has 2 heterocycles. The van der Waals surface area contributed by atoms with Gasteiger partial charge in [-0.15, -0.1) is 0 Å². The lowest BCUT2D eigenvalue weighted by Crippen LogP contribution is -2.43. The fourth-order valence-electron chi connectivity index (χ4n) is 5.06. The molecule has 0 bridgehead atoms. The Balaban J connectivity index is 1.44. The van der Waals surface area contributed by atoms with Crippen LogP contribution < -0.4 is 0 Å². The minimum absolute atomic E-state index is 0.0690. The molecule has 1 saturated carbocycles. The number of ketones is 1. The zero-order valence-electron chi connectivity index (χ0n) is 19.4. The molecule has 0 N–H and O–H groups in total. The highest BCUT2D eigenvalue weighted by atomic mass is 32.1. The van der Waals surface area contributed by atoms with E-state index in [1.54, 1.807) is 12.1 Å². The number of carbonyl (C=O) groups is 2. The average Bonchev–Trinajstić information content (AvgIpc) is 3.64. The first-order valence-electron chi connectivity index (χ1n) is 12.2. The summed E-state index contributed by atoms with van der Waals surface area (Å²) in [5.74, 6) is 0.194. The lowest BCUT2D eigenvalue weighted by molar-refractivity contribution is -0.144. The molecule has 33 heavy (non-hydrogen) atoms. The Labute approximate surface area is 201 Å². The number of carbonyl (C=O) groups excluding carboxylic acids is 2. The second kappa shape index (κ2) is 11.2. The summed E-state index contributed by atoms with van der Waals surface area (Å²) in [7, 11) is 0. The molecule has 2 unspecified atom stereocenters. The van der Waals surface area contributed by atoms with Gasteiger partial charge in [-0.2, -0.15) is 12.6 Å². The van der Waals surface area contributed by atoms with Crippen LogP contribution in [-0.4, -0.2) is 66.1 Å². The van der Waals surface area contributed by atoms with Gasteiger partial charge in [0, 0.05) is 29.8 Å². The molecule has 0 spiro atoms. The molecule has 7 heteroatoms. The molecule has 2 aliphatic heterocycles. The summed E-state index contributed by atoms with van der Waals surface area (Å²) in [6, 6.07) is 6.19. The number of nitrogens with zero attached hydrogens (tertiary/aromatic N) is 2. The Morgan fingerprint density at radius 1 is 1.15 bits per heavy atom. The van der Waals surface area contributed by atoms with E-state index in [1.807, 2.05) is 13.0 Å². The largest absolute Gasteiger partial charge is 0.465 e. The van der Waals surface area contributed by atoms with Gasteiger partial charge in [0.05, 0.1) is 19.2 Å². The van der Waals surface area contributed by atoms with E-state index in [4.69, 9.17) is 17.4 Å². The van der Waals surface area contributed by atoms with Crippen molar-refractivity contribution in [2.45, 2.75) is 50.3 Å². The van der Waals surface area contributed by atoms with E-state index < -0.39 is 6.04 Å². The van der Waals surface area contributed by atoms with Gasteiger partial charge in [-0.25, -0.2) is 4.39 Å². The number of piperidine rings is 2. The summed E-state index contributed by atoms with van der Waals surface area (Å²) in [6.45, 7) is 5.72. The van der Waals surface area contributed by atoms with Crippen molar-refractivity contribution in [2.75, 3.05) is 39.3 Å². The van der Waals surface area contributed by atoms with E-state index in [-0.39, 0.29) is 28.7 Å². The van der Waals surface area contributed by atoms with Crippen LogP contribution >= 0.6 is 12.6 Å². The smallest absolute Gasteiger partial charge is 0.320 e.